The first kappa shape index (κ1) is 18.1. The summed E-state index contributed by atoms with van der Waals surface area (Å²) >= 11 is 0. The van der Waals surface area contributed by atoms with Crippen molar-refractivity contribution in [1.29, 1.82) is 0 Å². The highest BCUT2D eigenvalue weighted by molar-refractivity contribution is 5.94. The molecule has 2 atom stereocenters. The number of halogens is 3. The molecule has 0 unspecified atom stereocenters. The lowest BCUT2D eigenvalue weighted by molar-refractivity contribution is -0.0262. The van der Waals surface area contributed by atoms with Crippen LogP contribution in [-0.4, -0.2) is 23.4 Å². The number of piperidine rings is 1. The second-order valence-electron chi connectivity index (χ2n) is 8.43. The van der Waals surface area contributed by atoms with Crippen molar-refractivity contribution >= 4 is 5.91 Å². The van der Waals surface area contributed by atoms with Gasteiger partial charge < -0.3 is 4.90 Å². The molecule has 0 radical (unpaired) electrons. The molecule has 142 valence electrons. The summed E-state index contributed by atoms with van der Waals surface area (Å²) in [5.41, 5.74) is 2.06. The maximum Gasteiger partial charge on any atom is 0.254 e. The van der Waals surface area contributed by atoms with Crippen LogP contribution in [0.5, 0.6) is 0 Å². The van der Waals surface area contributed by atoms with Crippen LogP contribution < -0.4 is 0 Å². The summed E-state index contributed by atoms with van der Waals surface area (Å²) in [4.78, 5) is 14.8. The number of carbonyl (C=O) groups is 1. The normalized spacial score (nSPS) is 25.9. The zero-order chi connectivity index (χ0) is 19.6. The third-order valence-corrected chi connectivity index (χ3v) is 7.00. The van der Waals surface area contributed by atoms with Crippen molar-refractivity contribution in [2.24, 2.45) is 5.41 Å². The fraction of sp³-hybridized carbons (Fsp3) is 0.409. The van der Waals surface area contributed by atoms with Gasteiger partial charge in [-0.3, -0.25) is 4.79 Å². The quantitative estimate of drug-likeness (QED) is 0.654. The molecule has 1 aliphatic heterocycles. The Hall–Kier alpha value is -2.30. The van der Waals surface area contributed by atoms with Gasteiger partial charge in [-0.05, 0) is 41.5 Å². The maximum absolute atomic E-state index is 13.6. The standard InChI is InChI=1S/C22H22F3NO/c1-21(2)18-12-13-6-4-5-7-15(13)22(21,3)8-9-26(18)20(27)14-10-16(23)19(25)17(24)11-14/h4-7,10-11,18H,8-9,12H2,1-3H3/t18-,22+/m1/s1. The fourth-order valence-corrected chi connectivity index (χ4v) is 4.96. The number of nitrogens with zero attached hydrogens (tertiary/aromatic N) is 1. The molecule has 27 heavy (non-hydrogen) atoms. The van der Waals surface area contributed by atoms with Crippen LogP contribution >= 0.6 is 0 Å². The Labute approximate surface area is 157 Å². The Morgan fingerprint density at radius 2 is 1.70 bits per heavy atom. The number of rotatable bonds is 1. The number of fused-ring (bicyclic) bond motifs is 4. The van der Waals surface area contributed by atoms with E-state index in [0.29, 0.717) is 13.0 Å². The minimum absolute atomic E-state index is 0.0947. The van der Waals surface area contributed by atoms with E-state index in [1.54, 1.807) is 4.90 Å². The van der Waals surface area contributed by atoms with E-state index in [1.165, 1.54) is 11.1 Å². The summed E-state index contributed by atoms with van der Waals surface area (Å²) in [6.45, 7) is 7.03. The van der Waals surface area contributed by atoms with Gasteiger partial charge in [0.15, 0.2) is 17.5 Å². The van der Waals surface area contributed by atoms with E-state index in [0.717, 1.165) is 18.6 Å². The van der Waals surface area contributed by atoms with Crippen LogP contribution in [-0.2, 0) is 11.8 Å². The molecule has 1 fully saturated rings. The van der Waals surface area contributed by atoms with E-state index in [1.807, 2.05) is 12.1 Å². The maximum atomic E-state index is 13.6. The van der Waals surface area contributed by atoms with Gasteiger partial charge in [0.1, 0.15) is 0 Å². The summed E-state index contributed by atoms with van der Waals surface area (Å²) in [5.74, 6) is -4.68. The highest BCUT2D eigenvalue weighted by atomic mass is 19.2. The summed E-state index contributed by atoms with van der Waals surface area (Å²) in [5, 5.41) is 0. The zero-order valence-corrected chi connectivity index (χ0v) is 15.7. The lowest BCUT2D eigenvalue weighted by atomic mass is 9.51. The number of likely N-dealkylation sites (tertiary alicyclic amines) is 1. The second kappa shape index (κ2) is 5.85. The average Bonchev–Trinajstić information content (AvgIpc) is 2.62. The first-order valence-corrected chi connectivity index (χ1v) is 9.21. The molecule has 2 bridgehead atoms. The molecule has 1 aliphatic carbocycles. The van der Waals surface area contributed by atoms with Gasteiger partial charge in [-0.2, -0.15) is 0 Å². The van der Waals surface area contributed by atoms with Crippen LogP contribution in [0.4, 0.5) is 13.2 Å². The Morgan fingerprint density at radius 3 is 2.37 bits per heavy atom. The number of carbonyl (C=O) groups excluding carboxylic acids is 1. The van der Waals surface area contributed by atoms with Crippen LogP contribution in [0.15, 0.2) is 36.4 Å². The molecule has 1 amide bonds. The van der Waals surface area contributed by atoms with E-state index in [-0.39, 0.29) is 22.4 Å². The van der Waals surface area contributed by atoms with Crippen molar-refractivity contribution in [2.75, 3.05) is 6.54 Å². The van der Waals surface area contributed by atoms with Gasteiger partial charge in [-0.15, -0.1) is 0 Å². The monoisotopic (exact) mass is 373 g/mol. The van der Waals surface area contributed by atoms with Gasteiger partial charge in [-0.25, -0.2) is 13.2 Å². The van der Waals surface area contributed by atoms with Crippen LogP contribution in [0.1, 0.15) is 48.7 Å². The SMILES string of the molecule is CC1(C)[C@H]2Cc3ccccc3[C@]1(C)CCN2C(=O)c1cc(F)c(F)c(F)c1. The third kappa shape index (κ3) is 2.43. The first-order valence-electron chi connectivity index (χ1n) is 9.21. The van der Waals surface area contributed by atoms with Crippen molar-refractivity contribution in [3.63, 3.8) is 0 Å². The lowest BCUT2D eigenvalue weighted by Crippen LogP contribution is -2.64. The summed E-state index contributed by atoms with van der Waals surface area (Å²) in [6.07, 6.45) is 1.45. The van der Waals surface area contributed by atoms with Crippen molar-refractivity contribution in [1.82, 2.24) is 4.90 Å². The number of benzene rings is 2. The molecule has 1 heterocycles. The van der Waals surface area contributed by atoms with E-state index in [2.05, 4.69) is 32.9 Å². The number of hydrogen-bond acceptors (Lipinski definition) is 1. The Bertz CT molecular complexity index is 916. The van der Waals surface area contributed by atoms with Gasteiger partial charge in [0.05, 0.1) is 0 Å². The predicted molar refractivity (Wildman–Crippen MR) is 97.0 cm³/mol. The van der Waals surface area contributed by atoms with Crippen molar-refractivity contribution in [3.05, 3.63) is 70.5 Å². The van der Waals surface area contributed by atoms with Crippen molar-refractivity contribution in [2.45, 2.75) is 45.1 Å². The molecule has 4 rings (SSSR count). The summed E-state index contributed by atoms with van der Waals surface area (Å²) in [6, 6.07) is 9.76. The third-order valence-electron chi connectivity index (χ3n) is 7.00. The Kier molecular flexibility index (Phi) is 3.92. The average molecular weight is 373 g/mol. The minimum atomic E-state index is -1.55. The highest BCUT2D eigenvalue weighted by Gasteiger charge is 2.56. The van der Waals surface area contributed by atoms with E-state index < -0.39 is 23.4 Å². The fourth-order valence-electron chi connectivity index (χ4n) is 4.96. The summed E-state index contributed by atoms with van der Waals surface area (Å²) in [7, 11) is 0. The van der Waals surface area contributed by atoms with Gasteiger partial charge in [0, 0.05) is 23.6 Å². The molecular formula is C22H22F3NO. The molecule has 2 nitrogen and oxygen atoms in total. The van der Waals surface area contributed by atoms with Gasteiger partial charge in [-0.1, -0.05) is 45.0 Å². The number of hydrogen-bond donors (Lipinski definition) is 0. The van der Waals surface area contributed by atoms with Crippen molar-refractivity contribution in [3.8, 4) is 0 Å². The lowest BCUT2D eigenvalue weighted by Gasteiger charge is -2.60. The van der Waals surface area contributed by atoms with E-state index >= 15 is 0 Å². The van der Waals surface area contributed by atoms with Crippen LogP contribution in [0.3, 0.4) is 0 Å². The van der Waals surface area contributed by atoms with Gasteiger partial charge in [0.25, 0.3) is 5.91 Å². The van der Waals surface area contributed by atoms with Crippen LogP contribution in [0, 0.1) is 22.9 Å². The van der Waals surface area contributed by atoms with Crippen molar-refractivity contribution < 1.29 is 18.0 Å². The molecule has 2 aliphatic rings. The van der Waals surface area contributed by atoms with E-state index in [4.69, 9.17) is 0 Å². The van der Waals surface area contributed by atoms with E-state index in [9.17, 15) is 18.0 Å². The van der Waals surface area contributed by atoms with Crippen LogP contribution in [0.25, 0.3) is 0 Å². The first-order chi connectivity index (χ1) is 12.7. The van der Waals surface area contributed by atoms with Gasteiger partial charge in [0.2, 0.25) is 0 Å². The molecule has 0 spiro atoms. The topological polar surface area (TPSA) is 20.3 Å². The van der Waals surface area contributed by atoms with Gasteiger partial charge >= 0.3 is 0 Å². The molecule has 2 aromatic carbocycles. The molecular weight excluding hydrogens is 351 g/mol. The second-order valence-corrected chi connectivity index (χ2v) is 8.43. The largest absolute Gasteiger partial charge is 0.335 e. The zero-order valence-electron chi connectivity index (χ0n) is 15.7. The Morgan fingerprint density at radius 1 is 1.07 bits per heavy atom. The molecule has 5 heteroatoms. The predicted octanol–water partition coefficient (Wildman–Crippen LogP) is 4.86. The van der Waals surface area contributed by atoms with Crippen LogP contribution in [0.2, 0.25) is 0 Å². The molecule has 1 saturated heterocycles. The molecule has 0 saturated carbocycles. The number of amides is 1. The summed E-state index contributed by atoms with van der Waals surface area (Å²) < 4.78 is 40.6. The molecule has 0 N–H and O–H groups in total. The Balaban J connectivity index is 1.77. The molecule has 0 aromatic heterocycles. The smallest absolute Gasteiger partial charge is 0.254 e. The molecule has 2 aromatic rings. The minimum Gasteiger partial charge on any atom is -0.335 e. The highest BCUT2D eigenvalue weighted by Crippen LogP contribution is 2.56.